The second kappa shape index (κ2) is 7.31. The van der Waals surface area contributed by atoms with Gasteiger partial charge in [0, 0.05) is 17.0 Å². The summed E-state index contributed by atoms with van der Waals surface area (Å²) in [6, 6.07) is 8.19. The van der Waals surface area contributed by atoms with E-state index in [9.17, 15) is 0 Å². The van der Waals surface area contributed by atoms with Crippen LogP contribution in [0.1, 0.15) is 11.6 Å². The summed E-state index contributed by atoms with van der Waals surface area (Å²) in [5.74, 6) is 0.318. The molecule has 1 aromatic rings. The fourth-order valence-corrected chi connectivity index (χ4v) is 2.60. The first-order valence-corrected chi connectivity index (χ1v) is 6.14. The predicted molar refractivity (Wildman–Crippen MR) is 75.4 cm³/mol. The molecule has 1 atom stereocenters. The van der Waals surface area contributed by atoms with Crippen molar-refractivity contribution in [2.75, 3.05) is 34.1 Å². The fourth-order valence-electron chi connectivity index (χ4n) is 2.36. The zero-order chi connectivity index (χ0) is 12.3. The maximum atomic E-state index is 6.27. The van der Waals surface area contributed by atoms with E-state index in [4.69, 9.17) is 21.1 Å². The van der Waals surface area contributed by atoms with E-state index in [0.29, 0.717) is 25.9 Å². The summed E-state index contributed by atoms with van der Waals surface area (Å²) in [7, 11) is 4.12. The number of halogens is 2. The van der Waals surface area contributed by atoms with Crippen molar-refractivity contribution in [1.29, 1.82) is 0 Å². The normalized spacial score (nSPS) is 18.4. The molecule has 0 spiro atoms. The first-order chi connectivity index (χ1) is 8.20. The van der Waals surface area contributed by atoms with Crippen molar-refractivity contribution in [1.82, 2.24) is 4.90 Å². The van der Waals surface area contributed by atoms with E-state index >= 15 is 0 Å². The van der Waals surface area contributed by atoms with Crippen molar-refractivity contribution in [3.05, 3.63) is 34.9 Å². The molecule has 0 bridgehead atoms. The molecule has 0 radical (unpaired) electrons. The zero-order valence-corrected chi connectivity index (χ0v) is 12.2. The Labute approximate surface area is 119 Å². The van der Waals surface area contributed by atoms with Gasteiger partial charge in [-0.2, -0.15) is 0 Å². The number of rotatable bonds is 3. The van der Waals surface area contributed by atoms with E-state index in [1.54, 1.807) is 0 Å². The highest BCUT2D eigenvalue weighted by Gasteiger charge is 2.29. The van der Waals surface area contributed by atoms with Crippen molar-refractivity contribution in [2.24, 2.45) is 5.92 Å². The molecule has 1 aliphatic rings. The second-order valence-corrected chi connectivity index (χ2v) is 4.96. The van der Waals surface area contributed by atoms with Crippen LogP contribution < -0.4 is 0 Å². The molecule has 1 unspecified atom stereocenters. The van der Waals surface area contributed by atoms with Crippen LogP contribution in [0.25, 0.3) is 0 Å². The van der Waals surface area contributed by atoms with E-state index in [-0.39, 0.29) is 18.4 Å². The van der Waals surface area contributed by atoms with Crippen LogP contribution in [0, 0.1) is 5.92 Å². The minimum Gasteiger partial charge on any atom is -0.355 e. The average molecular weight is 292 g/mol. The van der Waals surface area contributed by atoms with Crippen LogP contribution in [0.3, 0.4) is 0 Å². The van der Waals surface area contributed by atoms with Crippen LogP contribution in [0.4, 0.5) is 0 Å². The van der Waals surface area contributed by atoms with Gasteiger partial charge in [-0.3, -0.25) is 0 Å². The molecule has 102 valence electrons. The molecule has 0 saturated carbocycles. The van der Waals surface area contributed by atoms with Gasteiger partial charge in [0.25, 0.3) is 0 Å². The number of hydrogen-bond donors (Lipinski definition) is 0. The molecule has 1 saturated heterocycles. The standard InChI is InChI=1S/C13H18ClNO2.ClH/c1-15(2)13(10-7-16-9-17-8-10)11-5-3-4-6-12(11)14;/h3-6,10,13H,7-9H2,1-2H3;1H. The molecule has 5 heteroatoms. The number of benzene rings is 1. The summed E-state index contributed by atoms with van der Waals surface area (Å²) >= 11 is 6.27. The van der Waals surface area contributed by atoms with Crippen molar-refractivity contribution >= 4 is 24.0 Å². The van der Waals surface area contributed by atoms with E-state index in [0.717, 1.165) is 10.6 Å². The lowest BCUT2D eigenvalue weighted by Crippen LogP contribution is -2.36. The fraction of sp³-hybridized carbons (Fsp3) is 0.538. The summed E-state index contributed by atoms with van der Waals surface area (Å²) < 4.78 is 10.8. The van der Waals surface area contributed by atoms with Gasteiger partial charge in [0.15, 0.2) is 0 Å². The van der Waals surface area contributed by atoms with E-state index in [2.05, 4.69) is 25.1 Å². The van der Waals surface area contributed by atoms with Crippen LogP contribution in [0.15, 0.2) is 24.3 Å². The Kier molecular flexibility index (Phi) is 6.39. The quantitative estimate of drug-likeness (QED) is 0.855. The lowest BCUT2D eigenvalue weighted by Gasteiger charge is -2.35. The third-order valence-corrected chi connectivity index (χ3v) is 3.40. The number of nitrogens with zero attached hydrogens (tertiary/aromatic N) is 1. The molecule has 1 aromatic carbocycles. The molecule has 18 heavy (non-hydrogen) atoms. The third kappa shape index (κ3) is 3.59. The predicted octanol–water partition coefficient (Wildman–Crippen LogP) is 2.99. The Morgan fingerprint density at radius 3 is 2.39 bits per heavy atom. The highest BCUT2D eigenvalue weighted by atomic mass is 35.5. The summed E-state index contributed by atoms with van der Waals surface area (Å²) in [6.07, 6.45) is 0. The largest absolute Gasteiger partial charge is 0.355 e. The smallest absolute Gasteiger partial charge is 0.146 e. The maximum Gasteiger partial charge on any atom is 0.146 e. The van der Waals surface area contributed by atoms with E-state index < -0.39 is 0 Å². The Morgan fingerprint density at radius 1 is 1.22 bits per heavy atom. The Hall–Kier alpha value is -0.320. The second-order valence-electron chi connectivity index (χ2n) is 4.55. The first-order valence-electron chi connectivity index (χ1n) is 5.76. The SMILES string of the molecule is CN(C)C(c1ccccc1Cl)C1COCOC1.Cl. The highest BCUT2D eigenvalue weighted by Crippen LogP contribution is 2.33. The van der Waals surface area contributed by atoms with Gasteiger partial charge in [-0.15, -0.1) is 12.4 Å². The Balaban J connectivity index is 0.00000162. The van der Waals surface area contributed by atoms with Gasteiger partial charge in [0.1, 0.15) is 6.79 Å². The molecule has 1 heterocycles. The summed E-state index contributed by atoms with van der Waals surface area (Å²) in [4.78, 5) is 2.17. The highest BCUT2D eigenvalue weighted by molar-refractivity contribution is 6.31. The minimum absolute atomic E-state index is 0. The molecule has 1 fully saturated rings. The topological polar surface area (TPSA) is 21.7 Å². The summed E-state index contributed by atoms with van der Waals surface area (Å²) in [5.41, 5.74) is 1.14. The van der Waals surface area contributed by atoms with Crippen molar-refractivity contribution < 1.29 is 9.47 Å². The van der Waals surface area contributed by atoms with Gasteiger partial charge in [0.05, 0.1) is 13.2 Å². The lowest BCUT2D eigenvalue weighted by atomic mass is 9.93. The van der Waals surface area contributed by atoms with Gasteiger partial charge in [-0.05, 0) is 25.7 Å². The van der Waals surface area contributed by atoms with Crippen LogP contribution in [-0.4, -0.2) is 39.0 Å². The minimum atomic E-state index is 0. The van der Waals surface area contributed by atoms with E-state index in [1.165, 1.54) is 0 Å². The van der Waals surface area contributed by atoms with Crippen molar-refractivity contribution in [3.63, 3.8) is 0 Å². The summed E-state index contributed by atoms with van der Waals surface area (Å²) in [5, 5.41) is 0.803. The van der Waals surface area contributed by atoms with Gasteiger partial charge in [-0.1, -0.05) is 29.8 Å². The Morgan fingerprint density at radius 2 is 1.83 bits per heavy atom. The summed E-state index contributed by atoms with van der Waals surface area (Å²) in [6.45, 7) is 1.83. The zero-order valence-electron chi connectivity index (χ0n) is 10.6. The molecule has 0 aliphatic carbocycles. The molecular formula is C13H19Cl2NO2. The molecular weight excluding hydrogens is 273 g/mol. The molecule has 3 nitrogen and oxygen atoms in total. The van der Waals surface area contributed by atoms with Crippen LogP contribution in [0.5, 0.6) is 0 Å². The van der Waals surface area contributed by atoms with Crippen LogP contribution in [0.2, 0.25) is 5.02 Å². The van der Waals surface area contributed by atoms with Gasteiger partial charge < -0.3 is 14.4 Å². The van der Waals surface area contributed by atoms with Crippen molar-refractivity contribution in [3.8, 4) is 0 Å². The first kappa shape index (κ1) is 15.7. The van der Waals surface area contributed by atoms with Gasteiger partial charge in [0.2, 0.25) is 0 Å². The maximum absolute atomic E-state index is 6.27. The van der Waals surface area contributed by atoms with Gasteiger partial charge >= 0.3 is 0 Å². The monoisotopic (exact) mass is 291 g/mol. The third-order valence-electron chi connectivity index (χ3n) is 3.06. The molecule has 0 aromatic heterocycles. The lowest BCUT2D eigenvalue weighted by molar-refractivity contribution is -0.139. The Bertz CT molecular complexity index is 368. The number of hydrogen-bond acceptors (Lipinski definition) is 3. The van der Waals surface area contributed by atoms with E-state index in [1.807, 2.05) is 18.2 Å². The molecule has 1 aliphatic heterocycles. The van der Waals surface area contributed by atoms with Crippen LogP contribution >= 0.6 is 24.0 Å². The average Bonchev–Trinajstić information content (AvgIpc) is 2.33. The van der Waals surface area contributed by atoms with Crippen molar-refractivity contribution in [2.45, 2.75) is 6.04 Å². The molecule has 2 rings (SSSR count). The van der Waals surface area contributed by atoms with Gasteiger partial charge in [-0.25, -0.2) is 0 Å². The van der Waals surface area contributed by atoms with Crippen LogP contribution in [-0.2, 0) is 9.47 Å². The molecule has 0 amide bonds. The number of ether oxygens (including phenoxy) is 2. The molecule has 0 N–H and O–H groups in total.